The van der Waals surface area contributed by atoms with Crippen molar-refractivity contribution in [3.8, 4) is 0 Å². The van der Waals surface area contributed by atoms with Gasteiger partial charge < -0.3 is 4.42 Å². The largest absolute Gasteiger partial charge is 0.419 e. The highest BCUT2D eigenvalue weighted by molar-refractivity contribution is 6.30. The van der Waals surface area contributed by atoms with Crippen LogP contribution in [0.1, 0.15) is 15.9 Å². The van der Waals surface area contributed by atoms with Gasteiger partial charge in [-0.15, -0.1) is 0 Å². The van der Waals surface area contributed by atoms with E-state index in [2.05, 4.69) is 0 Å². The minimum absolute atomic E-state index is 0.143. The Labute approximate surface area is 119 Å². The number of carbonyl (C=O) groups is 1. The third kappa shape index (κ3) is 2.04. The van der Waals surface area contributed by atoms with E-state index in [-0.39, 0.29) is 5.78 Å². The van der Waals surface area contributed by atoms with Crippen molar-refractivity contribution >= 4 is 28.5 Å². The first-order valence-electron chi connectivity index (χ1n) is 5.96. The highest BCUT2D eigenvalue weighted by atomic mass is 35.5. The van der Waals surface area contributed by atoms with E-state index in [1.807, 2.05) is 0 Å². The lowest BCUT2D eigenvalue weighted by atomic mass is 10.0. The Balaban J connectivity index is 2.08. The average Bonchev–Trinajstić information content (AvgIpc) is 2.74. The van der Waals surface area contributed by atoms with Gasteiger partial charge in [0, 0.05) is 23.2 Å². The molecule has 0 fully saturated rings. The summed E-state index contributed by atoms with van der Waals surface area (Å²) in [4.78, 5) is 23.7. The summed E-state index contributed by atoms with van der Waals surface area (Å²) in [6, 6.07) is 11.6. The number of ketones is 1. The third-order valence-corrected chi connectivity index (χ3v) is 3.41. The molecule has 0 aliphatic rings. The monoisotopic (exact) mass is 287 g/mol. The fourth-order valence-electron chi connectivity index (χ4n) is 2.04. The van der Waals surface area contributed by atoms with Crippen LogP contribution >= 0.6 is 11.6 Å². The van der Waals surface area contributed by atoms with E-state index in [4.69, 9.17) is 16.0 Å². The number of carbonyl (C=O) groups excluding carboxylic acids is 1. The summed E-state index contributed by atoms with van der Waals surface area (Å²) in [6.45, 7) is 0. The van der Waals surface area contributed by atoms with Crippen molar-refractivity contribution in [2.24, 2.45) is 7.05 Å². The second-order valence-electron chi connectivity index (χ2n) is 4.45. The number of aryl methyl sites for hydroxylation is 1. The van der Waals surface area contributed by atoms with Crippen LogP contribution in [-0.2, 0) is 7.05 Å². The normalized spacial score (nSPS) is 10.9. The van der Waals surface area contributed by atoms with Gasteiger partial charge in [-0.3, -0.25) is 9.36 Å². The summed E-state index contributed by atoms with van der Waals surface area (Å²) in [7, 11) is 1.62. The van der Waals surface area contributed by atoms with Crippen LogP contribution in [0.5, 0.6) is 0 Å². The maximum absolute atomic E-state index is 12.3. The Hall–Kier alpha value is -2.33. The van der Waals surface area contributed by atoms with Gasteiger partial charge in [0.05, 0.1) is 5.52 Å². The van der Waals surface area contributed by atoms with Crippen molar-refractivity contribution in [3.63, 3.8) is 0 Å². The number of oxazole rings is 1. The summed E-state index contributed by atoms with van der Waals surface area (Å²) in [5.74, 6) is -0.592. The maximum Gasteiger partial charge on any atom is 0.419 e. The number of benzene rings is 2. The maximum atomic E-state index is 12.3. The molecule has 0 atom stereocenters. The fraction of sp³-hybridized carbons (Fsp3) is 0.0667. The topological polar surface area (TPSA) is 52.2 Å². The van der Waals surface area contributed by atoms with Crippen LogP contribution in [0.15, 0.2) is 51.7 Å². The van der Waals surface area contributed by atoms with Gasteiger partial charge in [-0.25, -0.2) is 4.79 Å². The molecule has 0 N–H and O–H groups in total. The van der Waals surface area contributed by atoms with E-state index in [1.165, 1.54) is 4.57 Å². The Morgan fingerprint density at radius 3 is 2.45 bits per heavy atom. The molecular weight excluding hydrogens is 278 g/mol. The molecule has 5 heteroatoms. The number of hydrogen-bond donors (Lipinski definition) is 0. The van der Waals surface area contributed by atoms with Gasteiger partial charge >= 0.3 is 5.76 Å². The molecule has 3 rings (SSSR count). The van der Waals surface area contributed by atoms with E-state index in [9.17, 15) is 9.59 Å². The van der Waals surface area contributed by atoms with Gasteiger partial charge in [0.2, 0.25) is 0 Å². The van der Waals surface area contributed by atoms with Crippen molar-refractivity contribution in [2.45, 2.75) is 0 Å². The van der Waals surface area contributed by atoms with E-state index in [1.54, 1.807) is 49.5 Å². The van der Waals surface area contributed by atoms with Gasteiger partial charge in [-0.2, -0.15) is 0 Å². The zero-order valence-corrected chi connectivity index (χ0v) is 11.3. The lowest BCUT2D eigenvalue weighted by Gasteiger charge is -2.01. The number of fused-ring (bicyclic) bond motifs is 1. The Morgan fingerprint density at radius 1 is 1.10 bits per heavy atom. The average molecular weight is 288 g/mol. The van der Waals surface area contributed by atoms with Gasteiger partial charge in [-0.1, -0.05) is 11.6 Å². The Morgan fingerprint density at radius 2 is 1.75 bits per heavy atom. The SMILES string of the molecule is Cn1c(=O)oc2cc(C(=O)c3ccc(Cl)cc3)ccc21. The van der Waals surface area contributed by atoms with Crippen LogP contribution < -0.4 is 5.76 Å². The summed E-state index contributed by atoms with van der Waals surface area (Å²) >= 11 is 5.80. The van der Waals surface area contributed by atoms with Crippen molar-refractivity contribution < 1.29 is 9.21 Å². The van der Waals surface area contributed by atoms with E-state index >= 15 is 0 Å². The molecule has 0 spiro atoms. The summed E-state index contributed by atoms with van der Waals surface area (Å²) in [5.41, 5.74) is 2.06. The molecule has 0 saturated carbocycles. The van der Waals surface area contributed by atoms with Crippen molar-refractivity contribution in [2.75, 3.05) is 0 Å². The lowest BCUT2D eigenvalue weighted by Crippen LogP contribution is -2.08. The van der Waals surface area contributed by atoms with Crippen molar-refractivity contribution in [3.05, 3.63) is 69.2 Å². The van der Waals surface area contributed by atoms with Gasteiger partial charge in [0.25, 0.3) is 0 Å². The Kier molecular flexibility index (Phi) is 2.95. The molecule has 0 aliphatic heterocycles. The lowest BCUT2D eigenvalue weighted by molar-refractivity contribution is 0.103. The molecule has 0 unspecified atom stereocenters. The number of hydrogen-bond acceptors (Lipinski definition) is 3. The molecule has 20 heavy (non-hydrogen) atoms. The molecule has 1 aromatic heterocycles. The third-order valence-electron chi connectivity index (χ3n) is 3.16. The summed E-state index contributed by atoms with van der Waals surface area (Å²) in [5, 5.41) is 0.575. The standard InChI is InChI=1S/C15H10ClNO3/c1-17-12-7-4-10(8-13(12)20-15(17)19)14(18)9-2-5-11(16)6-3-9/h2-8H,1H3. The minimum atomic E-state index is -0.448. The van der Waals surface area contributed by atoms with Crippen LogP contribution in [0.2, 0.25) is 5.02 Å². The highest BCUT2D eigenvalue weighted by Crippen LogP contribution is 2.18. The minimum Gasteiger partial charge on any atom is -0.408 e. The first kappa shape index (κ1) is 12.7. The molecule has 0 saturated heterocycles. The molecular formula is C15H10ClNO3. The predicted octanol–water partition coefficient (Wildman–Crippen LogP) is 3.02. The quantitative estimate of drug-likeness (QED) is 0.681. The highest BCUT2D eigenvalue weighted by Gasteiger charge is 2.12. The number of aromatic nitrogens is 1. The molecule has 4 nitrogen and oxygen atoms in total. The predicted molar refractivity (Wildman–Crippen MR) is 76.3 cm³/mol. The van der Waals surface area contributed by atoms with Gasteiger partial charge in [0.1, 0.15) is 0 Å². The van der Waals surface area contributed by atoms with Crippen LogP contribution in [0.3, 0.4) is 0 Å². The molecule has 2 aromatic carbocycles. The first-order valence-corrected chi connectivity index (χ1v) is 6.34. The van der Waals surface area contributed by atoms with Crippen LogP contribution in [0, 0.1) is 0 Å². The number of nitrogens with zero attached hydrogens (tertiary/aromatic N) is 1. The van der Waals surface area contributed by atoms with E-state index in [0.29, 0.717) is 27.2 Å². The molecule has 0 aliphatic carbocycles. The van der Waals surface area contributed by atoms with Gasteiger partial charge in [0.15, 0.2) is 11.4 Å². The fourth-order valence-corrected chi connectivity index (χ4v) is 2.17. The smallest absolute Gasteiger partial charge is 0.408 e. The second-order valence-corrected chi connectivity index (χ2v) is 4.88. The zero-order valence-electron chi connectivity index (χ0n) is 10.6. The van der Waals surface area contributed by atoms with Crippen LogP contribution in [0.4, 0.5) is 0 Å². The summed E-state index contributed by atoms with van der Waals surface area (Å²) < 4.78 is 6.47. The molecule has 3 aromatic rings. The van der Waals surface area contributed by atoms with Crippen LogP contribution in [-0.4, -0.2) is 10.4 Å². The van der Waals surface area contributed by atoms with Crippen molar-refractivity contribution in [1.29, 1.82) is 0 Å². The number of halogens is 1. The first-order chi connectivity index (χ1) is 9.56. The van der Waals surface area contributed by atoms with E-state index in [0.717, 1.165) is 0 Å². The number of rotatable bonds is 2. The summed E-state index contributed by atoms with van der Waals surface area (Å²) in [6.07, 6.45) is 0. The Bertz CT molecular complexity index is 859. The molecule has 0 amide bonds. The molecule has 1 heterocycles. The molecule has 0 radical (unpaired) electrons. The van der Waals surface area contributed by atoms with E-state index < -0.39 is 5.76 Å². The second kappa shape index (κ2) is 4.65. The van der Waals surface area contributed by atoms with Crippen molar-refractivity contribution in [1.82, 2.24) is 4.57 Å². The van der Waals surface area contributed by atoms with Gasteiger partial charge in [-0.05, 0) is 42.5 Å². The zero-order chi connectivity index (χ0) is 14.3. The molecule has 100 valence electrons. The van der Waals surface area contributed by atoms with Crippen LogP contribution in [0.25, 0.3) is 11.1 Å². The molecule has 0 bridgehead atoms.